The van der Waals surface area contributed by atoms with Crippen molar-refractivity contribution in [3.8, 4) is 0 Å². The number of carbonyl (C=O) groups is 1. The second-order valence-electron chi connectivity index (χ2n) is 5.44. The van der Waals surface area contributed by atoms with Crippen LogP contribution in [0.3, 0.4) is 0 Å². The van der Waals surface area contributed by atoms with Crippen molar-refractivity contribution < 1.29 is 4.79 Å². The third kappa shape index (κ3) is 4.43. The first-order chi connectivity index (χ1) is 10.1. The van der Waals surface area contributed by atoms with Crippen molar-refractivity contribution in [3.05, 3.63) is 35.4 Å². The third-order valence-corrected chi connectivity index (χ3v) is 4.16. The van der Waals surface area contributed by atoms with E-state index in [4.69, 9.17) is 12.2 Å². The monoisotopic (exact) mass is 305 g/mol. The molecule has 1 aliphatic rings. The van der Waals surface area contributed by atoms with Crippen molar-refractivity contribution in [2.24, 2.45) is 0 Å². The first kappa shape index (κ1) is 15.8. The van der Waals surface area contributed by atoms with Gasteiger partial charge in [-0.05, 0) is 51.0 Å². The van der Waals surface area contributed by atoms with Crippen LogP contribution in [0.4, 0.5) is 0 Å². The van der Waals surface area contributed by atoms with Crippen LogP contribution in [0.2, 0.25) is 0 Å². The lowest BCUT2D eigenvalue weighted by molar-refractivity contribution is 0.0922. The number of nitrogens with zero attached hydrogens (tertiary/aromatic N) is 1. The zero-order valence-electron chi connectivity index (χ0n) is 12.7. The average molecular weight is 305 g/mol. The molecule has 21 heavy (non-hydrogen) atoms. The molecule has 1 saturated heterocycles. The Kier molecular flexibility index (Phi) is 5.56. The summed E-state index contributed by atoms with van der Waals surface area (Å²) >= 11 is 5.32. The zero-order valence-corrected chi connectivity index (χ0v) is 13.5. The Hall–Kier alpha value is -1.62. The minimum absolute atomic E-state index is 0.0164. The Labute approximate surface area is 131 Å². The predicted molar refractivity (Wildman–Crippen MR) is 89.5 cm³/mol. The fraction of sp³-hybridized carbons (Fsp3) is 0.500. The van der Waals surface area contributed by atoms with E-state index in [2.05, 4.69) is 15.5 Å². The lowest BCUT2D eigenvalue weighted by Crippen LogP contribution is -2.49. The van der Waals surface area contributed by atoms with Crippen LogP contribution in [0.25, 0.3) is 0 Å². The quantitative estimate of drug-likeness (QED) is 0.839. The first-order valence-electron chi connectivity index (χ1n) is 7.50. The van der Waals surface area contributed by atoms with Crippen LogP contribution in [0, 0.1) is 6.92 Å². The van der Waals surface area contributed by atoms with Gasteiger partial charge in [-0.2, -0.15) is 0 Å². The van der Waals surface area contributed by atoms with Crippen LogP contribution in [0.1, 0.15) is 35.7 Å². The number of hydrogen-bond donors (Lipinski definition) is 2. The molecule has 0 aliphatic carbocycles. The van der Waals surface area contributed by atoms with Gasteiger partial charge >= 0.3 is 0 Å². The summed E-state index contributed by atoms with van der Waals surface area (Å²) in [5.74, 6) is 0.0164. The molecule has 1 aromatic carbocycles. The van der Waals surface area contributed by atoms with E-state index in [0.717, 1.165) is 48.7 Å². The number of carbonyl (C=O) groups excluding carboxylic acids is 1. The number of likely N-dealkylation sites (tertiary alicyclic amines) is 1. The summed E-state index contributed by atoms with van der Waals surface area (Å²) in [6, 6.07) is 7.92. The molecule has 2 N–H and O–H groups in total. The predicted octanol–water partition coefficient (Wildman–Crippen LogP) is 2.08. The second-order valence-corrected chi connectivity index (χ2v) is 5.82. The van der Waals surface area contributed by atoms with Gasteiger partial charge in [0.1, 0.15) is 0 Å². The maximum Gasteiger partial charge on any atom is 0.251 e. The van der Waals surface area contributed by atoms with Gasteiger partial charge in [0, 0.05) is 31.2 Å². The maximum absolute atomic E-state index is 12.2. The van der Waals surface area contributed by atoms with E-state index >= 15 is 0 Å². The summed E-state index contributed by atoms with van der Waals surface area (Å²) in [6.07, 6.45) is 1.87. The van der Waals surface area contributed by atoms with Gasteiger partial charge in [-0.1, -0.05) is 17.7 Å². The summed E-state index contributed by atoms with van der Waals surface area (Å²) < 4.78 is 0. The Morgan fingerprint density at radius 1 is 1.29 bits per heavy atom. The van der Waals surface area contributed by atoms with Crippen LogP contribution < -0.4 is 10.6 Å². The van der Waals surface area contributed by atoms with Crippen molar-refractivity contribution >= 4 is 23.2 Å². The van der Waals surface area contributed by atoms with E-state index in [1.807, 2.05) is 38.1 Å². The second kappa shape index (κ2) is 7.41. The van der Waals surface area contributed by atoms with Gasteiger partial charge in [-0.15, -0.1) is 0 Å². The molecule has 0 saturated carbocycles. The minimum atomic E-state index is 0.0164. The number of piperidine rings is 1. The highest BCUT2D eigenvalue weighted by molar-refractivity contribution is 7.80. The van der Waals surface area contributed by atoms with Gasteiger partial charge in [-0.25, -0.2) is 0 Å². The molecule has 0 spiro atoms. The highest BCUT2D eigenvalue weighted by Gasteiger charge is 2.22. The molecule has 114 valence electrons. The van der Waals surface area contributed by atoms with Crippen LogP contribution in [0.5, 0.6) is 0 Å². The van der Waals surface area contributed by atoms with Crippen LogP contribution in [0.15, 0.2) is 24.3 Å². The van der Waals surface area contributed by atoms with Crippen molar-refractivity contribution in [2.45, 2.75) is 32.7 Å². The summed E-state index contributed by atoms with van der Waals surface area (Å²) in [6.45, 7) is 6.70. The Bertz CT molecular complexity index is 493. The van der Waals surface area contributed by atoms with Crippen molar-refractivity contribution in [1.29, 1.82) is 0 Å². The summed E-state index contributed by atoms with van der Waals surface area (Å²) in [5.41, 5.74) is 1.89. The molecule has 1 heterocycles. The molecule has 1 fully saturated rings. The van der Waals surface area contributed by atoms with Gasteiger partial charge < -0.3 is 15.5 Å². The number of rotatable bonds is 3. The first-order valence-corrected chi connectivity index (χ1v) is 7.91. The van der Waals surface area contributed by atoms with E-state index in [1.165, 1.54) is 0 Å². The number of thiocarbonyl (C=S) groups is 1. The van der Waals surface area contributed by atoms with E-state index in [9.17, 15) is 4.79 Å². The molecule has 2 rings (SSSR count). The number of aryl methyl sites for hydroxylation is 1. The Balaban J connectivity index is 1.82. The van der Waals surface area contributed by atoms with Gasteiger partial charge in [-0.3, -0.25) is 4.79 Å². The fourth-order valence-electron chi connectivity index (χ4n) is 2.46. The van der Waals surface area contributed by atoms with E-state index in [1.54, 1.807) is 0 Å². The Morgan fingerprint density at radius 2 is 1.90 bits per heavy atom. The molecule has 0 aromatic heterocycles. The van der Waals surface area contributed by atoms with E-state index < -0.39 is 0 Å². The third-order valence-electron chi connectivity index (χ3n) is 3.76. The average Bonchev–Trinajstić information content (AvgIpc) is 2.49. The molecule has 4 nitrogen and oxygen atoms in total. The largest absolute Gasteiger partial charge is 0.363 e. The molecular weight excluding hydrogens is 282 g/mol. The smallest absolute Gasteiger partial charge is 0.251 e. The molecule has 0 bridgehead atoms. The van der Waals surface area contributed by atoms with Crippen molar-refractivity contribution in [1.82, 2.24) is 15.5 Å². The van der Waals surface area contributed by atoms with Gasteiger partial charge in [0.15, 0.2) is 5.11 Å². The summed E-state index contributed by atoms with van der Waals surface area (Å²) in [7, 11) is 0. The van der Waals surface area contributed by atoms with Gasteiger partial charge in [0.05, 0.1) is 0 Å². The molecule has 1 aliphatic heterocycles. The maximum atomic E-state index is 12.2. The standard InChI is InChI=1S/C16H23N3OS/c1-3-17-16(21)19-10-8-14(9-11-19)18-15(20)13-6-4-12(2)5-7-13/h4-7,14H,3,8-11H2,1-2H3,(H,17,21)(H,18,20). The molecule has 0 atom stereocenters. The number of amides is 1. The van der Waals surface area contributed by atoms with Gasteiger partial charge in [0.2, 0.25) is 0 Å². The molecule has 5 heteroatoms. The highest BCUT2D eigenvalue weighted by Crippen LogP contribution is 2.12. The summed E-state index contributed by atoms with van der Waals surface area (Å²) in [5, 5.41) is 7.11. The Morgan fingerprint density at radius 3 is 2.48 bits per heavy atom. The number of nitrogens with one attached hydrogen (secondary N) is 2. The molecule has 0 unspecified atom stereocenters. The highest BCUT2D eigenvalue weighted by atomic mass is 32.1. The fourth-order valence-corrected chi connectivity index (χ4v) is 2.79. The SMILES string of the molecule is CCNC(=S)N1CCC(NC(=O)c2ccc(C)cc2)CC1. The lowest BCUT2D eigenvalue weighted by atomic mass is 10.0. The van der Waals surface area contributed by atoms with E-state index in [-0.39, 0.29) is 11.9 Å². The topological polar surface area (TPSA) is 44.4 Å². The van der Waals surface area contributed by atoms with Crippen LogP contribution in [-0.2, 0) is 0 Å². The molecule has 1 amide bonds. The minimum Gasteiger partial charge on any atom is -0.363 e. The lowest BCUT2D eigenvalue weighted by Gasteiger charge is -2.34. The van der Waals surface area contributed by atoms with Crippen LogP contribution >= 0.6 is 12.2 Å². The normalized spacial score (nSPS) is 15.6. The molecule has 0 radical (unpaired) electrons. The molecular formula is C16H23N3OS. The number of benzene rings is 1. The zero-order chi connectivity index (χ0) is 15.2. The van der Waals surface area contributed by atoms with Crippen molar-refractivity contribution in [3.63, 3.8) is 0 Å². The van der Waals surface area contributed by atoms with E-state index in [0.29, 0.717) is 0 Å². The number of hydrogen-bond acceptors (Lipinski definition) is 2. The molecule has 1 aromatic rings. The van der Waals surface area contributed by atoms with Crippen molar-refractivity contribution in [2.75, 3.05) is 19.6 Å². The van der Waals surface area contributed by atoms with Gasteiger partial charge in [0.25, 0.3) is 5.91 Å². The van der Waals surface area contributed by atoms with Crippen LogP contribution in [-0.4, -0.2) is 41.6 Å². The summed E-state index contributed by atoms with van der Waals surface area (Å²) in [4.78, 5) is 14.4.